The lowest BCUT2D eigenvalue weighted by Gasteiger charge is -2.45. The number of hydrogen-bond acceptors (Lipinski definition) is 6. The summed E-state index contributed by atoms with van der Waals surface area (Å²) in [5.41, 5.74) is 2.05. The van der Waals surface area contributed by atoms with Gasteiger partial charge in [0, 0.05) is 46.1 Å². The van der Waals surface area contributed by atoms with Crippen molar-refractivity contribution in [3.8, 4) is 17.5 Å². The van der Waals surface area contributed by atoms with Crippen LogP contribution in [0.25, 0.3) is 5.69 Å². The van der Waals surface area contributed by atoms with E-state index in [-0.39, 0.29) is 25.4 Å². The Hall–Kier alpha value is -3.65. The number of aromatic nitrogens is 1. The van der Waals surface area contributed by atoms with Crippen LogP contribution in [0.5, 0.6) is 5.75 Å². The predicted molar refractivity (Wildman–Crippen MR) is 133 cm³/mol. The number of carbonyl (C=O) groups excluding carboxylic acids is 1. The van der Waals surface area contributed by atoms with Gasteiger partial charge in [0.15, 0.2) is 5.60 Å². The smallest absolute Gasteiger partial charge is 0.253 e. The largest absolute Gasteiger partial charge is 0.479 e. The molecule has 1 aromatic heterocycles. The van der Waals surface area contributed by atoms with Crippen molar-refractivity contribution in [3.63, 3.8) is 0 Å². The molecule has 1 amide bonds. The van der Waals surface area contributed by atoms with Crippen LogP contribution in [0.1, 0.15) is 42.4 Å². The van der Waals surface area contributed by atoms with Crippen LogP contribution in [-0.4, -0.2) is 55.1 Å². The van der Waals surface area contributed by atoms with E-state index in [2.05, 4.69) is 10.8 Å². The van der Waals surface area contributed by atoms with E-state index < -0.39 is 15.6 Å². The van der Waals surface area contributed by atoms with Crippen LogP contribution in [0, 0.1) is 11.3 Å². The van der Waals surface area contributed by atoms with Gasteiger partial charge < -0.3 is 14.7 Å². The van der Waals surface area contributed by atoms with E-state index in [9.17, 15) is 18.5 Å². The van der Waals surface area contributed by atoms with Gasteiger partial charge in [-0.15, -0.1) is 0 Å². The number of ether oxygens (including phenoxy) is 1. The summed E-state index contributed by atoms with van der Waals surface area (Å²) < 4.78 is 35.6. The number of carbonyl (C=O) groups is 1. The molecule has 1 spiro atoms. The van der Waals surface area contributed by atoms with Crippen LogP contribution in [0.15, 0.2) is 65.6 Å². The van der Waals surface area contributed by atoms with Gasteiger partial charge in [0.1, 0.15) is 17.5 Å². The Balaban J connectivity index is 0.00000320. The molecule has 0 bridgehead atoms. The maximum absolute atomic E-state index is 13.2. The van der Waals surface area contributed by atoms with Crippen LogP contribution in [0.4, 0.5) is 0 Å². The third kappa shape index (κ3) is 4.15. The fourth-order valence-corrected chi connectivity index (χ4v) is 5.96. The minimum atomic E-state index is -3.70. The van der Waals surface area contributed by atoms with Crippen LogP contribution in [0.2, 0.25) is 0 Å². The Morgan fingerprint density at radius 2 is 1.83 bits per heavy atom. The van der Waals surface area contributed by atoms with Gasteiger partial charge in [-0.3, -0.25) is 9.36 Å². The highest BCUT2D eigenvalue weighted by atomic mass is 32.2. The zero-order chi connectivity index (χ0) is 25.3. The van der Waals surface area contributed by atoms with Gasteiger partial charge in [-0.1, -0.05) is 12.1 Å². The van der Waals surface area contributed by atoms with Crippen LogP contribution in [-0.2, 0) is 15.6 Å². The van der Waals surface area contributed by atoms with Crippen molar-refractivity contribution < 1.29 is 24.5 Å². The zero-order valence-corrected chi connectivity index (χ0v) is 20.4. The number of sulfonamides is 1. The number of likely N-dealkylation sites (tertiary alicyclic amines) is 1. The van der Waals surface area contributed by atoms with E-state index in [1.54, 1.807) is 11.0 Å². The third-order valence-corrected chi connectivity index (χ3v) is 8.25. The Morgan fingerprint density at radius 1 is 1.11 bits per heavy atom. The molecule has 2 aliphatic rings. The summed E-state index contributed by atoms with van der Waals surface area (Å²) in [6.07, 6.45) is 1.44. The van der Waals surface area contributed by atoms with Crippen LogP contribution >= 0.6 is 0 Å². The summed E-state index contributed by atoms with van der Waals surface area (Å²) in [4.78, 5) is 15.0. The molecule has 9 nitrogen and oxygen atoms in total. The normalized spacial score (nSPS) is 16.1. The molecule has 0 saturated carbocycles. The number of fused-ring (bicyclic) bond motifs is 4. The summed E-state index contributed by atoms with van der Waals surface area (Å²) >= 11 is 0. The number of benzene rings is 2. The molecule has 2 aliphatic heterocycles. The maximum atomic E-state index is 13.2. The quantitative estimate of drug-likeness (QED) is 0.494. The molecule has 36 heavy (non-hydrogen) atoms. The molecule has 0 atom stereocenters. The topological polar surface area (TPSA) is 125 Å². The van der Waals surface area contributed by atoms with Gasteiger partial charge >= 0.3 is 0 Å². The van der Waals surface area contributed by atoms with Gasteiger partial charge in [-0.25, -0.2) is 13.1 Å². The fourth-order valence-electron chi connectivity index (χ4n) is 4.89. The van der Waals surface area contributed by atoms with Crippen LogP contribution in [0.3, 0.4) is 0 Å². The lowest BCUT2D eigenvalue weighted by molar-refractivity contribution is -0.00937. The SMILES string of the molecule is N#Cc1ccc2n1-c1ccccc1OC21CCN(C(=O)c2ccc(S(=O)(=O)NCCCO)cc2)CC1.[HH]. The molecule has 0 aliphatic carbocycles. The van der Waals surface area contributed by atoms with Gasteiger partial charge in [0.05, 0.1) is 16.3 Å². The molecule has 2 aromatic carbocycles. The summed E-state index contributed by atoms with van der Waals surface area (Å²) in [6.45, 7) is 0.949. The van der Waals surface area contributed by atoms with Crippen molar-refractivity contribution in [3.05, 3.63) is 77.6 Å². The fraction of sp³-hybridized carbons (Fsp3) is 0.308. The second-order valence-corrected chi connectivity index (χ2v) is 10.7. The molecule has 0 unspecified atom stereocenters. The van der Waals surface area contributed by atoms with Gasteiger partial charge in [-0.05, 0) is 55.0 Å². The van der Waals surface area contributed by atoms with E-state index in [1.807, 2.05) is 34.9 Å². The zero-order valence-electron chi connectivity index (χ0n) is 19.6. The Bertz CT molecular complexity index is 1440. The van der Waals surface area contributed by atoms with Gasteiger partial charge in [-0.2, -0.15) is 5.26 Å². The highest BCUT2D eigenvalue weighted by molar-refractivity contribution is 7.89. The van der Waals surface area contributed by atoms with Crippen LogP contribution < -0.4 is 9.46 Å². The molecule has 0 radical (unpaired) electrons. The molecule has 1 fully saturated rings. The highest BCUT2D eigenvalue weighted by Crippen LogP contribution is 2.45. The monoisotopic (exact) mass is 508 g/mol. The summed E-state index contributed by atoms with van der Waals surface area (Å²) in [6, 6.07) is 19.5. The second kappa shape index (κ2) is 9.43. The summed E-state index contributed by atoms with van der Waals surface area (Å²) in [5.74, 6) is 0.535. The first kappa shape index (κ1) is 24.1. The molecular weight excluding hydrogens is 480 g/mol. The lowest BCUT2D eigenvalue weighted by Crippen LogP contribution is -2.50. The number of para-hydroxylation sites is 2. The lowest BCUT2D eigenvalue weighted by atomic mass is 9.86. The van der Waals surface area contributed by atoms with Crippen molar-refractivity contribution in [2.45, 2.75) is 29.8 Å². The van der Waals surface area contributed by atoms with Crippen molar-refractivity contribution in [2.24, 2.45) is 0 Å². The number of rotatable bonds is 6. The van der Waals surface area contributed by atoms with E-state index >= 15 is 0 Å². The predicted octanol–water partition coefficient (Wildman–Crippen LogP) is 2.78. The molecule has 10 heteroatoms. The van der Waals surface area contributed by atoms with E-state index in [0.29, 0.717) is 49.4 Å². The Kier molecular flexibility index (Phi) is 6.30. The number of amides is 1. The van der Waals surface area contributed by atoms with E-state index in [1.165, 1.54) is 24.3 Å². The number of hydrogen-bond donors (Lipinski definition) is 2. The average molecular weight is 509 g/mol. The van der Waals surface area contributed by atoms with E-state index in [0.717, 1.165) is 11.4 Å². The maximum Gasteiger partial charge on any atom is 0.253 e. The van der Waals surface area contributed by atoms with Gasteiger partial charge in [0.2, 0.25) is 10.0 Å². The number of nitrogens with zero attached hydrogens (tertiary/aromatic N) is 3. The first-order valence-corrected chi connectivity index (χ1v) is 13.3. The second-order valence-electron chi connectivity index (χ2n) is 8.91. The minimum absolute atomic E-state index is 0. The molecule has 2 N–H and O–H groups in total. The Labute approximate surface area is 211 Å². The third-order valence-electron chi connectivity index (χ3n) is 6.77. The number of aliphatic hydroxyl groups is 1. The summed E-state index contributed by atoms with van der Waals surface area (Å²) in [7, 11) is -3.70. The number of aliphatic hydroxyl groups excluding tert-OH is 1. The van der Waals surface area contributed by atoms with Crippen molar-refractivity contribution in [1.29, 1.82) is 5.26 Å². The summed E-state index contributed by atoms with van der Waals surface area (Å²) in [5, 5.41) is 18.5. The standard InChI is InChI=1S/C26H26N4O5S.H2/c27-18-20-8-11-24-26(35-23-5-2-1-4-22(23)30(20)24)12-15-29(16-13-26)25(32)19-6-9-21(10-7-19)36(33,34)28-14-3-17-31;/h1-2,4-11,28,31H,3,12-17H2;1H. The minimum Gasteiger partial charge on any atom is -0.479 e. The Morgan fingerprint density at radius 3 is 2.53 bits per heavy atom. The van der Waals surface area contributed by atoms with E-state index in [4.69, 9.17) is 9.84 Å². The van der Waals surface area contributed by atoms with Crippen molar-refractivity contribution >= 4 is 15.9 Å². The first-order valence-electron chi connectivity index (χ1n) is 11.8. The highest BCUT2D eigenvalue weighted by Gasteiger charge is 2.45. The van der Waals surface area contributed by atoms with Gasteiger partial charge in [0.25, 0.3) is 5.91 Å². The molecule has 1 saturated heterocycles. The molecule has 5 rings (SSSR count). The first-order chi connectivity index (χ1) is 17.4. The number of nitrogens with one attached hydrogen (secondary N) is 1. The molecule has 3 heterocycles. The average Bonchev–Trinajstić information content (AvgIpc) is 3.35. The molecule has 188 valence electrons. The van der Waals surface area contributed by atoms with Crippen molar-refractivity contribution in [2.75, 3.05) is 26.2 Å². The molecular formula is C26H28N4O5S. The number of nitriles is 1. The number of piperidine rings is 1. The molecule has 3 aromatic rings. The van der Waals surface area contributed by atoms with Crippen molar-refractivity contribution in [1.82, 2.24) is 14.2 Å².